The van der Waals surface area contributed by atoms with Crippen LogP contribution in [0.4, 0.5) is 17.1 Å². The number of benzene rings is 1. The van der Waals surface area contributed by atoms with Gasteiger partial charge in [0, 0.05) is 39.0 Å². The van der Waals surface area contributed by atoms with E-state index in [1.54, 1.807) is 0 Å². The molecule has 7 heteroatoms. The number of anilines is 3. The van der Waals surface area contributed by atoms with E-state index in [9.17, 15) is 8.42 Å². The first-order valence-electron chi connectivity index (χ1n) is 9.72. The van der Waals surface area contributed by atoms with Gasteiger partial charge in [-0.1, -0.05) is 0 Å². The highest BCUT2D eigenvalue weighted by atomic mass is 32.2. The molecule has 3 rings (SSSR count). The molecular weight excluding hydrogens is 350 g/mol. The zero-order valence-electron chi connectivity index (χ0n) is 15.7. The van der Waals surface area contributed by atoms with Crippen molar-refractivity contribution >= 4 is 27.1 Å². The number of nitrogens with one attached hydrogen (secondary N) is 1. The molecule has 0 amide bonds. The molecule has 1 aromatic carbocycles. The number of nitrogens with zero attached hydrogens (tertiary/aromatic N) is 2. The minimum Gasteiger partial charge on any atom is -0.384 e. The number of ether oxygens (including phenoxy) is 1. The third kappa shape index (κ3) is 5.04. The lowest BCUT2D eigenvalue weighted by atomic mass is 10.1. The molecule has 6 nitrogen and oxygen atoms in total. The summed E-state index contributed by atoms with van der Waals surface area (Å²) in [5.41, 5.74) is 2.80. The molecule has 0 saturated carbocycles. The van der Waals surface area contributed by atoms with Gasteiger partial charge in [0.15, 0.2) is 0 Å². The van der Waals surface area contributed by atoms with Crippen LogP contribution >= 0.6 is 0 Å². The molecule has 1 aromatic rings. The Morgan fingerprint density at radius 2 is 1.58 bits per heavy atom. The molecule has 146 valence electrons. The third-order valence-electron chi connectivity index (χ3n) is 5.22. The summed E-state index contributed by atoms with van der Waals surface area (Å²) in [6.45, 7) is 4.24. The van der Waals surface area contributed by atoms with Crippen LogP contribution < -0.4 is 14.5 Å². The van der Waals surface area contributed by atoms with Gasteiger partial charge in [0.1, 0.15) is 0 Å². The van der Waals surface area contributed by atoms with E-state index in [0.29, 0.717) is 5.69 Å². The molecule has 0 spiro atoms. The normalized spacial score (nSPS) is 18.8. The largest absolute Gasteiger partial charge is 0.384 e. The van der Waals surface area contributed by atoms with Crippen LogP contribution in [-0.4, -0.2) is 54.1 Å². The van der Waals surface area contributed by atoms with Crippen molar-refractivity contribution in [3.8, 4) is 0 Å². The lowest BCUT2D eigenvalue weighted by molar-refractivity contribution is 0.217. The molecule has 0 bridgehead atoms. The lowest BCUT2D eigenvalue weighted by Crippen LogP contribution is -2.32. The van der Waals surface area contributed by atoms with Crippen molar-refractivity contribution in [2.45, 2.75) is 38.5 Å². The number of hydrogen-bond acceptors (Lipinski definition) is 5. The number of piperidine rings is 2. The van der Waals surface area contributed by atoms with E-state index in [1.807, 2.05) is 6.07 Å². The first-order chi connectivity index (χ1) is 12.6. The van der Waals surface area contributed by atoms with Crippen molar-refractivity contribution in [3.63, 3.8) is 0 Å². The Balaban J connectivity index is 1.87. The summed E-state index contributed by atoms with van der Waals surface area (Å²) < 4.78 is 32.7. The number of rotatable bonds is 7. The lowest BCUT2D eigenvalue weighted by Gasteiger charge is -2.33. The summed E-state index contributed by atoms with van der Waals surface area (Å²) in [6, 6.07) is 6.24. The zero-order valence-corrected chi connectivity index (χ0v) is 16.6. The highest BCUT2D eigenvalue weighted by Gasteiger charge is 2.20. The molecule has 0 radical (unpaired) electrons. The van der Waals surface area contributed by atoms with Crippen LogP contribution in [0.2, 0.25) is 0 Å². The Bertz CT molecular complexity index is 681. The predicted molar refractivity (Wildman–Crippen MR) is 108 cm³/mol. The Morgan fingerprint density at radius 1 is 0.962 bits per heavy atom. The van der Waals surface area contributed by atoms with E-state index in [-0.39, 0.29) is 12.4 Å². The van der Waals surface area contributed by atoms with Gasteiger partial charge in [-0.2, -0.15) is 0 Å². The van der Waals surface area contributed by atoms with E-state index in [2.05, 4.69) is 26.7 Å². The summed E-state index contributed by atoms with van der Waals surface area (Å²) in [4.78, 5) is 4.66. The fourth-order valence-electron chi connectivity index (χ4n) is 3.78. The molecule has 0 aliphatic carbocycles. The van der Waals surface area contributed by atoms with Crippen molar-refractivity contribution in [3.05, 3.63) is 18.2 Å². The maximum absolute atomic E-state index is 12.5. The molecule has 2 aliphatic heterocycles. The van der Waals surface area contributed by atoms with Gasteiger partial charge in [0.05, 0.1) is 23.7 Å². The van der Waals surface area contributed by atoms with Crippen LogP contribution in [0.15, 0.2) is 18.2 Å². The van der Waals surface area contributed by atoms with E-state index in [4.69, 9.17) is 4.74 Å². The molecule has 26 heavy (non-hydrogen) atoms. The number of hydrogen-bond donors (Lipinski definition) is 1. The topological polar surface area (TPSA) is 61.9 Å². The van der Waals surface area contributed by atoms with Crippen LogP contribution in [0.25, 0.3) is 0 Å². The second-order valence-electron chi connectivity index (χ2n) is 7.21. The molecule has 2 heterocycles. The van der Waals surface area contributed by atoms with Crippen molar-refractivity contribution in [2.75, 3.05) is 60.2 Å². The minimum absolute atomic E-state index is 0.0309. The highest BCUT2D eigenvalue weighted by Crippen LogP contribution is 2.34. The SMILES string of the molecule is COCCS(=O)(=O)Nc1cc(N2CCCCC2)ccc1N1CCCCC1. The van der Waals surface area contributed by atoms with Gasteiger partial charge >= 0.3 is 0 Å². The van der Waals surface area contributed by atoms with Crippen molar-refractivity contribution in [1.82, 2.24) is 0 Å². The van der Waals surface area contributed by atoms with Crippen LogP contribution in [-0.2, 0) is 14.8 Å². The molecular formula is C19H31N3O3S. The van der Waals surface area contributed by atoms with Gasteiger partial charge in [0.25, 0.3) is 0 Å². The Morgan fingerprint density at radius 3 is 2.19 bits per heavy atom. The maximum atomic E-state index is 12.5. The second kappa shape index (κ2) is 8.95. The fraction of sp³-hybridized carbons (Fsp3) is 0.684. The quantitative estimate of drug-likeness (QED) is 0.786. The van der Waals surface area contributed by atoms with E-state index < -0.39 is 10.0 Å². The molecule has 0 unspecified atom stereocenters. The Kier molecular flexibility index (Phi) is 6.64. The van der Waals surface area contributed by atoms with Crippen molar-refractivity contribution < 1.29 is 13.2 Å². The van der Waals surface area contributed by atoms with Crippen molar-refractivity contribution in [2.24, 2.45) is 0 Å². The summed E-state index contributed by atoms with van der Waals surface area (Å²) in [5, 5.41) is 0. The zero-order chi connectivity index (χ0) is 18.4. The summed E-state index contributed by atoms with van der Waals surface area (Å²) >= 11 is 0. The Hall–Kier alpha value is -1.47. The van der Waals surface area contributed by atoms with Crippen LogP contribution in [0.1, 0.15) is 38.5 Å². The van der Waals surface area contributed by atoms with E-state index >= 15 is 0 Å². The molecule has 0 aromatic heterocycles. The van der Waals surface area contributed by atoms with Gasteiger partial charge in [-0.15, -0.1) is 0 Å². The molecule has 0 atom stereocenters. The highest BCUT2D eigenvalue weighted by molar-refractivity contribution is 7.92. The van der Waals surface area contributed by atoms with E-state index in [1.165, 1.54) is 32.8 Å². The monoisotopic (exact) mass is 381 g/mol. The molecule has 1 N–H and O–H groups in total. The average molecular weight is 382 g/mol. The minimum atomic E-state index is -3.43. The third-order valence-corrected chi connectivity index (χ3v) is 6.45. The summed E-state index contributed by atoms with van der Waals surface area (Å²) in [6.07, 6.45) is 7.23. The Labute approximate surface area is 157 Å². The number of sulfonamides is 1. The van der Waals surface area contributed by atoms with Gasteiger partial charge < -0.3 is 14.5 Å². The standard InChI is InChI=1S/C19H31N3O3S/c1-25-14-15-26(23,24)20-18-16-17(21-10-4-2-5-11-21)8-9-19(18)22-12-6-3-7-13-22/h8-9,16,20H,2-7,10-15H2,1H3. The van der Waals surface area contributed by atoms with Crippen LogP contribution in [0.3, 0.4) is 0 Å². The van der Waals surface area contributed by atoms with Crippen molar-refractivity contribution in [1.29, 1.82) is 0 Å². The predicted octanol–water partition coefficient (Wildman–Crippen LogP) is 3.06. The molecule has 2 fully saturated rings. The van der Waals surface area contributed by atoms with Gasteiger partial charge in [-0.25, -0.2) is 8.42 Å². The average Bonchev–Trinajstić information content (AvgIpc) is 2.67. The first kappa shape index (κ1) is 19.3. The van der Waals surface area contributed by atoms with Crippen LogP contribution in [0.5, 0.6) is 0 Å². The van der Waals surface area contributed by atoms with Gasteiger partial charge in [0.2, 0.25) is 10.0 Å². The summed E-state index contributed by atoms with van der Waals surface area (Å²) in [5.74, 6) is -0.0309. The van der Waals surface area contributed by atoms with Gasteiger partial charge in [-0.3, -0.25) is 4.72 Å². The second-order valence-corrected chi connectivity index (χ2v) is 9.05. The van der Waals surface area contributed by atoms with Crippen LogP contribution in [0, 0.1) is 0 Å². The summed E-state index contributed by atoms with van der Waals surface area (Å²) in [7, 11) is -1.91. The smallest absolute Gasteiger partial charge is 0.235 e. The first-order valence-corrected chi connectivity index (χ1v) is 11.4. The number of methoxy groups -OCH3 is 1. The fourth-order valence-corrected chi connectivity index (χ4v) is 4.76. The van der Waals surface area contributed by atoms with E-state index in [0.717, 1.165) is 50.4 Å². The molecule has 2 saturated heterocycles. The van der Waals surface area contributed by atoms with Gasteiger partial charge in [-0.05, 0) is 56.7 Å². The maximum Gasteiger partial charge on any atom is 0.235 e. The molecule has 2 aliphatic rings.